The summed E-state index contributed by atoms with van der Waals surface area (Å²) in [6.07, 6.45) is 11.1. The molecule has 22 heavy (non-hydrogen) atoms. The Kier molecular flexibility index (Phi) is 5.40. The largest absolute Gasteiger partial charge is 0.382 e. The molecule has 3 aliphatic rings. The first-order valence-corrected chi connectivity index (χ1v) is 9.34. The van der Waals surface area contributed by atoms with Crippen molar-refractivity contribution in [3.63, 3.8) is 0 Å². The molecule has 126 valence electrons. The van der Waals surface area contributed by atoms with Crippen molar-refractivity contribution >= 4 is 5.91 Å². The van der Waals surface area contributed by atoms with Crippen LogP contribution in [0.2, 0.25) is 0 Å². The van der Waals surface area contributed by atoms with E-state index in [4.69, 9.17) is 4.74 Å². The molecule has 1 saturated heterocycles. The Bertz CT molecular complexity index is 367. The van der Waals surface area contributed by atoms with Crippen LogP contribution < -0.4 is 10.6 Å². The van der Waals surface area contributed by atoms with Gasteiger partial charge in [0.15, 0.2) is 0 Å². The third-order valence-corrected chi connectivity index (χ3v) is 6.21. The van der Waals surface area contributed by atoms with Gasteiger partial charge in [0.25, 0.3) is 0 Å². The lowest BCUT2D eigenvalue weighted by molar-refractivity contribution is -0.124. The Balaban J connectivity index is 1.43. The number of rotatable bonds is 7. The van der Waals surface area contributed by atoms with Crippen LogP contribution in [-0.4, -0.2) is 37.7 Å². The van der Waals surface area contributed by atoms with Gasteiger partial charge in [-0.15, -0.1) is 0 Å². The van der Waals surface area contributed by atoms with Crippen LogP contribution in [0.5, 0.6) is 0 Å². The fourth-order valence-corrected chi connectivity index (χ4v) is 4.54. The van der Waals surface area contributed by atoms with Crippen LogP contribution >= 0.6 is 0 Å². The Morgan fingerprint density at radius 1 is 1.27 bits per heavy atom. The van der Waals surface area contributed by atoms with Gasteiger partial charge in [0.2, 0.25) is 5.91 Å². The molecule has 0 radical (unpaired) electrons. The quantitative estimate of drug-likeness (QED) is 0.711. The van der Waals surface area contributed by atoms with Gasteiger partial charge in [0.05, 0.1) is 6.04 Å². The minimum absolute atomic E-state index is 0.0529. The smallest absolute Gasteiger partial charge is 0.237 e. The number of hydrogen-bond acceptors (Lipinski definition) is 3. The van der Waals surface area contributed by atoms with Crippen molar-refractivity contribution in [3.05, 3.63) is 0 Å². The SMILES string of the molecule is CCOCCC1(CNC(=O)C2CC3CCCCC3N2)CCC1. The monoisotopic (exact) mass is 308 g/mol. The molecule has 2 N–H and O–H groups in total. The van der Waals surface area contributed by atoms with Gasteiger partial charge < -0.3 is 15.4 Å². The van der Waals surface area contributed by atoms with Crippen LogP contribution in [0.25, 0.3) is 0 Å². The van der Waals surface area contributed by atoms with Gasteiger partial charge in [-0.1, -0.05) is 19.3 Å². The topological polar surface area (TPSA) is 50.4 Å². The van der Waals surface area contributed by atoms with Crippen molar-refractivity contribution in [2.45, 2.75) is 76.8 Å². The highest BCUT2D eigenvalue weighted by Gasteiger charge is 2.40. The van der Waals surface area contributed by atoms with E-state index in [1.807, 2.05) is 6.92 Å². The highest BCUT2D eigenvalue weighted by atomic mass is 16.5. The maximum absolute atomic E-state index is 12.5. The molecular weight excluding hydrogens is 276 g/mol. The zero-order chi connectivity index (χ0) is 15.4. The van der Waals surface area contributed by atoms with Crippen LogP contribution in [0.4, 0.5) is 0 Å². The van der Waals surface area contributed by atoms with E-state index in [0.717, 1.165) is 38.5 Å². The third kappa shape index (κ3) is 3.65. The summed E-state index contributed by atoms with van der Waals surface area (Å²) in [7, 11) is 0. The molecule has 3 unspecified atom stereocenters. The number of fused-ring (bicyclic) bond motifs is 1. The Morgan fingerprint density at radius 2 is 2.09 bits per heavy atom. The van der Waals surface area contributed by atoms with Crippen molar-refractivity contribution in [1.29, 1.82) is 0 Å². The van der Waals surface area contributed by atoms with Gasteiger partial charge in [-0.05, 0) is 56.8 Å². The molecule has 1 aliphatic heterocycles. The van der Waals surface area contributed by atoms with Gasteiger partial charge in [-0.2, -0.15) is 0 Å². The van der Waals surface area contributed by atoms with Crippen LogP contribution in [0.3, 0.4) is 0 Å². The molecule has 0 bridgehead atoms. The number of ether oxygens (including phenoxy) is 1. The summed E-state index contributed by atoms with van der Waals surface area (Å²) in [5, 5.41) is 6.83. The first-order valence-electron chi connectivity index (χ1n) is 9.34. The van der Waals surface area contributed by atoms with Crippen LogP contribution in [-0.2, 0) is 9.53 Å². The minimum atomic E-state index is 0.0529. The van der Waals surface area contributed by atoms with E-state index in [-0.39, 0.29) is 11.9 Å². The average Bonchev–Trinajstić information content (AvgIpc) is 2.93. The summed E-state index contributed by atoms with van der Waals surface area (Å²) >= 11 is 0. The number of carbonyl (C=O) groups excluding carboxylic acids is 1. The molecule has 0 aromatic heterocycles. The van der Waals surface area contributed by atoms with Gasteiger partial charge in [-0.25, -0.2) is 0 Å². The van der Waals surface area contributed by atoms with E-state index in [2.05, 4.69) is 10.6 Å². The normalized spacial score (nSPS) is 33.0. The summed E-state index contributed by atoms with van der Waals surface area (Å²) < 4.78 is 5.51. The van der Waals surface area contributed by atoms with E-state index in [1.165, 1.54) is 44.9 Å². The molecule has 4 heteroatoms. The first-order chi connectivity index (χ1) is 10.7. The molecule has 1 amide bonds. The number of hydrogen-bond donors (Lipinski definition) is 2. The Labute approximate surface area is 134 Å². The van der Waals surface area contributed by atoms with Crippen LogP contribution in [0, 0.1) is 11.3 Å². The van der Waals surface area contributed by atoms with E-state index < -0.39 is 0 Å². The van der Waals surface area contributed by atoms with Crippen molar-refractivity contribution in [2.24, 2.45) is 11.3 Å². The van der Waals surface area contributed by atoms with Gasteiger partial charge >= 0.3 is 0 Å². The molecule has 3 rings (SSSR count). The molecule has 3 atom stereocenters. The molecule has 2 aliphatic carbocycles. The molecule has 2 saturated carbocycles. The maximum atomic E-state index is 12.5. The minimum Gasteiger partial charge on any atom is -0.382 e. The summed E-state index contributed by atoms with van der Waals surface area (Å²) in [5.74, 6) is 0.970. The molecule has 4 nitrogen and oxygen atoms in total. The molecule has 3 fully saturated rings. The molecule has 0 aromatic rings. The van der Waals surface area contributed by atoms with Crippen molar-refractivity contribution in [3.8, 4) is 0 Å². The molecule has 0 spiro atoms. The number of carbonyl (C=O) groups is 1. The standard InChI is InChI=1S/C18H32N2O2/c1-2-22-11-10-18(8-5-9-18)13-19-17(21)16-12-14-6-3-4-7-15(14)20-16/h14-16,20H,2-13H2,1H3,(H,19,21). The predicted octanol–water partition coefficient (Wildman–Crippen LogP) is 2.62. The highest BCUT2D eigenvalue weighted by molar-refractivity contribution is 5.82. The lowest BCUT2D eigenvalue weighted by Crippen LogP contribution is -2.48. The van der Waals surface area contributed by atoms with Gasteiger partial charge in [-0.3, -0.25) is 4.79 Å². The number of amides is 1. The summed E-state index contributed by atoms with van der Waals surface area (Å²) in [6, 6.07) is 0.650. The zero-order valence-corrected chi connectivity index (χ0v) is 14.0. The third-order valence-electron chi connectivity index (χ3n) is 6.21. The molecule has 1 heterocycles. The predicted molar refractivity (Wildman–Crippen MR) is 87.7 cm³/mol. The fraction of sp³-hybridized carbons (Fsp3) is 0.944. The molecular formula is C18H32N2O2. The molecule has 0 aromatic carbocycles. The first kappa shape index (κ1) is 16.3. The summed E-state index contributed by atoms with van der Waals surface area (Å²) in [5.41, 5.74) is 0.316. The Morgan fingerprint density at radius 3 is 2.77 bits per heavy atom. The number of nitrogens with one attached hydrogen (secondary N) is 2. The van der Waals surface area contributed by atoms with Crippen LogP contribution in [0.1, 0.15) is 64.7 Å². The summed E-state index contributed by atoms with van der Waals surface area (Å²) in [6.45, 7) is 4.50. The van der Waals surface area contributed by atoms with E-state index in [1.54, 1.807) is 0 Å². The van der Waals surface area contributed by atoms with Crippen molar-refractivity contribution in [2.75, 3.05) is 19.8 Å². The van der Waals surface area contributed by atoms with E-state index in [0.29, 0.717) is 11.5 Å². The van der Waals surface area contributed by atoms with Crippen LogP contribution in [0.15, 0.2) is 0 Å². The average molecular weight is 308 g/mol. The zero-order valence-electron chi connectivity index (χ0n) is 14.0. The second kappa shape index (κ2) is 7.31. The lowest BCUT2D eigenvalue weighted by Gasteiger charge is -2.42. The second-order valence-electron chi connectivity index (χ2n) is 7.62. The van der Waals surface area contributed by atoms with Gasteiger partial charge in [0.1, 0.15) is 0 Å². The van der Waals surface area contributed by atoms with E-state index in [9.17, 15) is 4.79 Å². The highest BCUT2D eigenvalue weighted by Crippen LogP contribution is 2.43. The van der Waals surface area contributed by atoms with Crippen molar-refractivity contribution in [1.82, 2.24) is 10.6 Å². The lowest BCUT2D eigenvalue weighted by atomic mass is 9.66. The fourth-order valence-electron chi connectivity index (χ4n) is 4.54. The second-order valence-corrected chi connectivity index (χ2v) is 7.62. The maximum Gasteiger partial charge on any atom is 0.237 e. The van der Waals surface area contributed by atoms with Gasteiger partial charge in [0, 0.05) is 25.8 Å². The van der Waals surface area contributed by atoms with E-state index >= 15 is 0 Å². The van der Waals surface area contributed by atoms with Crippen molar-refractivity contribution < 1.29 is 9.53 Å². The summed E-state index contributed by atoms with van der Waals surface area (Å²) in [4.78, 5) is 12.5. The Hall–Kier alpha value is -0.610.